The van der Waals surface area contributed by atoms with Crippen LogP contribution in [0.4, 0.5) is 10.5 Å². The monoisotopic (exact) mass is 283 g/mol. The summed E-state index contributed by atoms with van der Waals surface area (Å²) in [4.78, 5) is 12.6. The first kappa shape index (κ1) is 13.5. The van der Waals surface area contributed by atoms with Gasteiger partial charge in [0, 0.05) is 0 Å². The molecule has 4 heteroatoms. The Balaban J connectivity index is 1.75. The van der Waals surface area contributed by atoms with E-state index in [1.54, 1.807) is 12.1 Å². The van der Waals surface area contributed by atoms with Gasteiger partial charge in [0.1, 0.15) is 5.75 Å². The molecular weight excluding hydrogens is 266 g/mol. The van der Waals surface area contributed by atoms with E-state index < -0.39 is 6.09 Å². The topological polar surface area (TPSA) is 49.8 Å². The maximum absolute atomic E-state index is 11.4. The van der Waals surface area contributed by atoms with Crippen LogP contribution in [-0.2, 0) is 0 Å². The lowest BCUT2D eigenvalue weighted by molar-refractivity contribution is 0.192. The van der Waals surface area contributed by atoms with Gasteiger partial charge in [-0.1, -0.05) is 36.4 Å². The Hall–Kier alpha value is -2.49. The number of anilines is 1. The molecule has 21 heavy (non-hydrogen) atoms. The molecule has 0 unspecified atom stereocenters. The average molecular weight is 283 g/mol. The maximum atomic E-state index is 11.4. The first-order valence-corrected chi connectivity index (χ1v) is 7.03. The number of para-hydroxylation sites is 2. The van der Waals surface area contributed by atoms with E-state index in [-0.39, 0.29) is 6.73 Å². The number of amides is 1. The summed E-state index contributed by atoms with van der Waals surface area (Å²) in [5, 5.41) is 9.34. The Labute approximate surface area is 123 Å². The molecule has 2 aromatic carbocycles. The Bertz CT molecular complexity index is 623. The Kier molecular flexibility index (Phi) is 3.77. The standard InChI is InChI=1S/C17H17NO3/c19-17(20)18(14-6-2-1-3-7-14)12-21-16-9-5-4-8-15(16)13-10-11-13/h1-9,13H,10-12H2,(H,19,20). The molecule has 1 aliphatic carbocycles. The molecule has 2 aromatic rings. The van der Waals surface area contributed by atoms with Crippen LogP contribution in [0.1, 0.15) is 24.3 Å². The second-order valence-electron chi connectivity index (χ2n) is 5.13. The van der Waals surface area contributed by atoms with Crippen molar-refractivity contribution in [2.75, 3.05) is 11.6 Å². The smallest absolute Gasteiger partial charge is 0.414 e. The minimum atomic E-state index is -1.02. The molecule has 1 fully saturated rings. The molecule has 0 saturated heterocycles. The van der Waals surface area contributed by atoms with Crippen LogP contribution in [0.5, 0.6) is 5.75 Å². The van der Waals surface area contributed by atoms with Crippen molar-refractivity contribution < 1.29 is 14.6 Å². The minimum Gasteiger partial charge on any atom is -0.472 e. The molecule has 1 saturated carbocycles. The third kappa shape index (κ3) is 3.16. The average Bonchev–Trinajstić information content (AvgIpc) is 3.33. The second-order valence-corrected chi connectivity index (χ2v) is 5.13. The van der Waals surface area contributed by atoms with Crippen LogP contribution in [0.25, 0.3) is 0 Å². The Morgan fingerprint density at radius 1 is 1.10 bits per heavy atom. The largest absolute Gasteiger partial charge is 0.472 e. The number of benzene rings is 2. The van der Waals surface area contributed by atoms with Crippen molar-refractivity contribution in [2.24, 2.45) is 0 Å². The first-order valence-electron chi connectivity index (χ1n) is 7.03. The first-order chi connectivity index (χ1) is 10.3. The van der Waals surface area contributed by atoms with Gasteiger partial charge in [-0.3, -0.25) is 0 Å². The highest BCUT2D eigenvalue weighted by atomic mass is 16.5. The lowest BCUT2D eigenvalue weighted by atomic mass is 10.1. The van der Waals surface area contributed by atoms with E-state index in [1.165, 1.54) is 23.3 Å². The number of hydrogen-bond donors (Lipinski definition) is 1. The fraction of sp³-hybridized carbons (Fsp3) is 0.235. The normalized spacial score (nSPS) is 13.7. The van der Waals surface area contributed by atoms with E-state index in [0.717, 1.165) is 5.75 Å². The van der Waals surface area contributed by atoms with Gasteiger partial charge in [-0.05, 0) is 42.5 Å². The highest BCUT2D eigenvalue weighted by Crippen LogP contribution is 2.44. The van der Waals surface area contributed by atoms with Gasteiger partial charge in [-0.2, -0.15) is 0 Å². The Morgan fingerprint density at radius 3 is 2.43 bits per heavy atom. The molecule has 1 N–H and O–H groups in total. The van der Waals surface area contributed by atoms with Crippen molar-refractivity contribution in [3.8, 4) is 5.75 Å². The summed E-state index contributed by atoms with van der Waals surface area (Å²) in [7, 11) is 0. The number of hydrogen-bond acceptors (Lipinski definition) is 2. The maximum Gasteiger partial charge on any atom is 0.414 e. The van der Waals surface area contributed by atoms with E-state index in [4.69, 9.17) is 4.74 Å². The Morgan fingerprint density at radius 2 is 1.76 bits per heavy atom. The highest BCUT2D eigenvalue weighted by molar-refractivity contribution is 5.85. The van der Waals surface area contributed by atoms with Gasteiger partial charge in [0.25, 0.3) is 0 Å². The molecule has 108 valence electrons. The zero-order chi connectivity index (χ0) is 14.7. The summed E-state index contributed by atoms with van der Waals surface area (Å²) in [6, 6.07) is 16.8. The lowest BCUT2D eigenvalue weighted by Crippen LogP contribution is -2.33. The summed E-state index contributed by atoms with van der Waals surface area (Å²) in [6.07, 6.45) is 1.34. The number of carboxylic acid groups (broad SMARTS) is 1. The van der Waals surface area contributed by atoms with E-state index in [0.29, 0.717) is 11.6 Å². The number of nitrogens with zero attached hydrogens (tertiary/aromatic N) is 1. The van der Waals surface area contributed by atoms with Crippen LogP contribution in [0.2, 0.25) is 0 Å². The van der Waals surface area contributed by atoms with Crippen LogP contribution in [0, 0.1) is 0 Å². The summed E-state index contributed by atoms with van der Waals surface area (Å²) in [5.41, 5.74) is 1.78. The van der Waals surface area contributed by atoms with Crippen LogP contribution >= 0.6 is 0 Å². The summed E-state index contributed by atoms with van der Waals surface area (Å²) in [6.45, 7) is -0.0108. The van der Waals surface area contributed by atoms with Gasteiger partial charge in [0.15, 0.2) is 6.73 Å². The fourth-order valence-corrected chi connectivity index (χ4v) is 2.33. The van der Waals surface area contributed by atoms with E-state index in [9.17, 15) is 9.90 Å². The number of ether oxygens (including phenoxy) is 1. The summed E-state index contributed by atoms with van der Waals surface area (Å²) < 4.78 is 5.76. The number of carbonyl (C=O) groups is 1. The highest BCUT2D eigenvalue weighted by Gasteiger charge is 2.26. The molecule has 0 aromatic heterocycles. The zero-order valence-corrected chi connectivity index (χ0v) is 11.6. The van der Waals surface area contributed by atoms with Crippen LogP contribution in [0.15, 0.2) is 54.6 Å². The van der Waals surface area contributed by atoms with Gasteiger partial charge in [-0.25, -0.2) is 9.69 Å². The van der Waals surface area contributed by atoms with E-state index in [1.807, 2.05) is 36.4 Å². The molecule has 0 radical (unpaired) electrons. The van der Waals surface area contributed by atoms with Gasteiger partial charge in [0.05, 0.1) is 5.69 Å². The van der Waals surface area contributed by atoms with Crippen molar-refractivity contribution in [1.29, 1.82) is 0 Å². The molecule has 0 bridgehead atoms. The SMILES string of the molecule is O=C(O)N(COc1ccccc1C1CC1)c1ccccc1. The van der Waals surface area contributed by atoms with Crippen LogP contribution < -0.4 is 9.64 Å². The zero-order valence-electron chi connectivity index (χ0n) is 11.6. The molecule has 4 nitrogen and oxygen atoms in total. The van der Waals surface area contributed by atoms with Gasteiger partial charge in [0.2, 0.25) is 0 Å². The van der Waals surface area contributed by atoms with Crippen LogP contribution in [0.3, 0.4) is 0 Å². The predicted octanol–water partition coefficient (Wildman–Crippen LogP) is 4.08. The quantitative estimate of drug-likeness (QED) is 0.841. The van der Waals surface area contributed by atoms with Crippen molar-refractivity contribution in [1.82, 2.24) is 0 Å². The van der Waals surface area contributed by atoms with Crippen molar-refractivity contribution in [2.45, 2.75) is 18.8 Å². The fourth-order valence-electron chi connectivity index (χ4n) is 2.33. The van der Waals surface area contributed by atoms with Gasteiger partial charge in [-0.15, -0.1) is 0 Å². The third-order valence-electron chi connectivity index (χ3n) is 3.58. The predicted molar refractivity (Wildman–Crippen MR) is 80.9 cm³/mol. The van der Waals surface area contributed by atoms with Crippen molar-refractivity contribution >= 4 is 11.8 Å². The molecule has 0 atom stereocenters. The molecule has 3 rings (SSSR count). The number of rotatable bonds is 5. The molecule has 0 aliphatic heterocycles. The second kappa shape index (κ2) is 5.87. The summed E-state index contributed by atoms with van der Waals surface area (Å²) in [5.74, 6) is 1.35. The lowest BCUT2D eigenvalue weighted by Gasteiger charge is -2.20. The van der Waals surface area contributed by atoms with Gasteiger partial charge < -0.3 is 9.84 Å². The molecular formula is C17H17NO3. The summed E-state index contributed by atoms with van der Waals surface area (Å²) >= 11 is 0. The van der Waals surface area contributed by atoms with Crippen molar-refractivity contribution in [3.05, 3.63) is 60.2 Å². The van der Waals surface area contributed by atoms with E-state index in [2.05, 4.69) is 6.07 Å². The van der Waals surface area contributed by atoms with Crippen molar-refractivity contribution in [3.63, 3.8) is 0 Å². The molecule has 0 spiro atoms. The molecule has 1 aliphatic rings. The molecule has 1 amide bonds. The van der Waals surface area contributed by atoms with E-state index >= 15 is 0 Å². The third-order valence-corrected chi connectivity index (χ3v) is 3.58. The molecule has 0 heterocycles. The van der Waals surface area contributed by atoms with Crippen LogP contribution in [-0.4, -0.2) is 17.9 Å². The minimum absolute atomic E-state index is 0.0108. The van der Waals surface area contributed by atoms with Gasteiger partial charge >= 0.3 is 6.09 Å².